The smallest absolute Gasteiger partial charge is 0.204 e. The third-order valence-electron chi connectivity index (χ3n) is 2.20. The molecule has 1 nitrogen and oxygen atoms in total. The van der Waals surface area contributed by atoms with Gasteiger partial charge in [0.2, 0.25) is 5.78 Å². The van der Waals surface area contributed by atoms with Crippen LogP contribution in [0.3, 0.4) is 0 Å². The lowest BCUT2D eigenvalue weighted by molar-refractivity contribution is 0.104. The van der Waals surface area contributed by atoms with Gasteiger partial charge in [-0.3, -0.25) is 4.79 Å². The molecule has 1 aromatic carbocycles. The van der Waals surface area contributed by atoms with Crippen molar-refractivity contribution in [1.29, 1.82) is 0 Å². The Hall–Kier alpha value is -0.450. The van der Waals surface area contributed by atoms with Crippen molar-refractivity contribution in [3.63, 3.8) is 0 Å². The first kappa shape index (κ1) is 12.0. The highest BCUT2D eigenvalue weighted by molar-refractivity contribution is 9.10. The van der Waals surface area contributed by atoms with Crippen LogP contribution < -0.4 is 0 Å². The Kier molecular flexibility index (Phi) is 3.62. The van der Waals surface area contributed by atoms with E-state index in [9.17, 15) is 4.79 Å². The van der Waals surface area contributed by atoms with Crippen LogP contribution in [0.4, 0.5) is 0 Å². The number of thiophene rings is 1. The summed E-state index contributed by atoms with van der Waals surface area (Å²) in [6, 6.07) is 9.35. The van der Waals surface area contributed by atoms with Crippen molar-refractivity contribution in [3.05, 3.63) is 54.6 Å². The molecule has 0 unspecified atom stereocenters. The van der Waals surface area contributed by atoms with E-state index in [0.29, 0.717) is 5.56 Å². The van der Waals surface area contributed by atoms with E-state index in [0.717, 1.165) is 18.7 Å². The van der Waals surface area contributed by atoms with Crippen LogP contribution in [0.5, 0.6) is 0 Å². The molecule has 1 heterocycles. The third-order valence-corrected chi connectivity index (χ3v) is 5.03. The Labute approximate surface area is 115 Å². The molecule has 16 heavy (non-hydrogen) atoms. The predicted molar refractivity (Wildman–Crippen MR) is 74.3 cm³/mol. The molecule has 0 amide bonds. The molecular weight excluding hydrogens is 352 g/mol. The van der Waals surface area contributed by atoms with Crippen LogP contribution in [0.15, 0.2) is 39.3 Å². The summed E-state index contributed by atoms with van der Waals surface area (Å²) in [5.74, 6) is 0.0614. The van der Waals surface area contributed by atoms with Gasteiger partial charge in [-0.2, -0.15) is 0 Å². The van der Waals surface area contributed by atoms with Crippen LogP contribution >= 0.6 is 43.2 Å². The third kappa shape index (κ3) is 2.29. The average molecular weight is 360 g/mol. The van der Waals surface area contributed by atoms with Gasteiger partial charge in [-0.15, -0.1) is 11.3 Å². The zero-order valence-electron chi connectivity index (χ0n) is 8.46. The van der Waals surface area contributed by atoms with Crippen molar-refractivity contribution >= 4 is 49.0 Å². The maximum atomic E-state index is 12.2. The summed E-state index contributed by atoms with van der Waals surface area (Å²) >= 11 is 8.32. The summed E-state index contributed by atoms with van der Waals surface area (Å²) in [7, 11) is 0. The Balaban J connectivity index is 2.43. The van der Waals surface area contributed by atoms with Gasteiger partial charge in [-0.1, -0.05) is 28.1 Å². The van der Waals surface area contributed by atoms with E-state index >= 15 is 0 Å². The van der Waals surface area contributed by atoms with Gasteiger partial charge >= 0.3 is 0 Å². The van der Waals surface area contributed by atoms with Crippen LogP contribution in [0.1, 0.15) is 20.1 Å². The normalized spacial score (nSPS) is 10.4. The number of hydrogen-bond acceptors (Lipinski definition) is 2. The molecule has 0 saturated carbocycles. The van der Waals surface area contributed by atoms with Crippen molar-refractivity contribution < 1.29 is 4.79 Å². The first-order valence-corrected chi connectivity index (χ1v) is 7.05. The summed E-state index contributed by atoms with van der Waals surface area (Å²) in [6.45, 7) is 1.99. The summed E-state index contributed by atoms with van der Waals surface area (Å²) in [6.07, 6.45) is 0. The highest BCUT2D eigenvalue weighted by Gasteiger charge is 2.15. The summed E-state index contributed by atoms with van der Waals surface area (Å²) in [5, 5.41) is 0. The molecule has 0 aliphatic rings. The Bertz CT molecular complexity index is 526. The Morgan fingerprint density at radius 1 is 1.19 bits per heavy atom. The molecule has 0 bridgehead atoms. The van der Waals surface area contributed by atoms with Crippen molar-refractivity contribution in [1.82, 2.24) is 0 Å². The summed E-state index contributed by atoms with van der Waals surface area (Å²) in [4.78, 5) is 14.1. The molecule has 0 radical (unpaired) electrons. The zero-order chi connectivity index (χ0) is 11.7. The second kappa shape index (κ2) is 4.82. The van der Waals surface area contributed by atoms with Gasteiger partial charge in [0, 0.05) is 19.4 Å². The number of hydrogen-bond donors (Lipinski definition) is 0. The molecule has 0 spiro atoms. The van der Waals surface area contributed by atoms with Crippen molar-refractivity contribution in [3.8, 4) is 0 Å². The topological polar surface area (TPSA) is 17.1 Å². The quantitative estimate of drug-likeness (QED) is 0.703. The lowest BCUT2D eigenvalue weighted by Crippen LogP contribution is -1.99. The second-order valence-corrected chi connectivity index (χ2v) is 6.29. The molecular formula is C12H8Br2OS. The lowest BCUT2D eigenvalue weighted by Gasteiger charge is -2.00. The minimum Gasteiger partial charge on any atom is -0.288 e. The molecule has 82 valence electrons. The van der Waals surface area contributed by atoms with Gasteiger partial charge in [-0.25, -0.2) is 0 Å². The lowest BCUT2D eigenvalue weighted by atomic mass is 10.1. The highest BCUT2D eigenvalue weighted by Crippen LogP contribution is 2.29. The fourth-order valence-corrected chi connectivity index (χ4v) is 3.30. The fraction of sp³-hybridized carbons (Fsp3) is 0.0833. The highest BCUT2D eigenvalue weighted by atomic mass is 79.9. The molecule has 0 N–H and O–H groups in total. The molecule has 4 heteroatoms. The molecule has 2 rings (SSSR count). The maximum absolute atomic E-state index is 12.2. The van der Waals surface area contributed by atoms with E-state index < -0.39 is 0 Å². The molecule has 0 aliphatic heterocycles. The summed E-state index contributed by atoms with van der Waals surface area (Å²) < 4.78 is 1.83. The number of rotatable bonds is 2. The van der Waals surface area contributed by atoms with E-state index in [2.05, 4.69) is 31.9 Å². The monoisotopic (exact) mass is 358 g/mol. The van der Waals surface area contributed by atoms with Crippen LogP contribution in [0.25, 0.3) is 0 Å². The van der Waals surface area contributed by atoms with Crippen LogP contribution in [-0.2, 0) is 0 Å². The van der Waals surface area contributed by atoms with Gasteiger partial charge in [0.15, 0.2) is 0 Å². The Morgan fingerprint density at radius 2 is 1.88 bits per heavy atom. The zero-order valence-corrected chi connectivity index (χ0v) is 12.4. The van der Waals surface area contributed by atoms with Crippen LogP contribution in [0.2, 0.25) is 0 Å². The van der Waals surface area contributed by atoms with Crippen LogP contribution in [0, 0.1) is 6.92 Å². The van der Waals surface area contributed by atoms with Crippen molar-refractivity contribution in [2.75, 3.05) is 0 Å². The molecule has 0 fully saturated rings. The number of halogens is 2. The van der Waals surface area contributed by atoms with Crippen molar-refractivity contribution in [2.45, 2.75) is 6.92 Å². The van der Waals surface area contributed by atoms with E-state index in [1.807, 2.05) is 37.3 Å². The largest absolute Gasteiger partial charge is 0.288 e. The van der Waals surface area contributed by atoms with Gasteiger partial charge in [0.25, 0.3) is 0 Å². The van der Waals surface area contributed by atoms with Gasteiger partial charge < -0.3 is 0 Å². The number of carbonyl (C=O) groups is 1. The molecule has 0 saturated heterocycles. The average Bonchev–Trinajstić information content (AvgIpc) is 2.59. The molecule has 2 aromatic rings. The molecule has 1 aromatic heterocycles. The van der Waals surface area contributed by atoms with E-state index in [1.165, 1.54) is 11.3 Å². The van der Waals surface area contributed by atoms with Gasteiger partial charge in [0.1, 0.15) is 0 Å². The molecule has 0 aliphatic carbocycles. The fourth-order valence-electron chi connectivity index (χ4n) is 1.35. The van der Waals surface area contributed by atoms with Gasteiger partial charge in [-0.05, 0) is 41.1 Å². The minimum atomic E-state index is 0.0614. The standard InChI is InChI=1S/C12H8Br2OS/c1-7-10(14)6-11(16-7)12(15)8-4-2-3-5-9(8)13/h2-6H,1H3. The van der Waals surface area contributed by atoms with Crippen LogP contribution in [-0.4, -0.2) is 5.78 Å². The van der Waals surface area contributed by atoms with Gasteiger partial charge in [0.05, 0.1) is 4.88 Å². The van der Waals surface area contributed by atoms with E-state index in [-0.39, 0.29) is 5.78 Å². The number of benzene rings is 1. The first-order valence-electron chi connectivity index (χ1n) is 4.65. The second-order valence-electron chi connectivity index (χ2n) is 3.32. The minimum absolute atomic E-state index is 0.0614. The van der Waals surface area contributed by atoms with E-state index in [1.54, 1.807) is 0 Å². The SMILES string of the molecule is Cc1sc(C(=O)c2ccccc2Br)cc1Br. The van der Waals surface area contributed by atoms with Crippen molar-refractivity contribution in [2.24, 2.45) is 0 Å². The number of ketones is 1. The first-order chi connectivity index (χ1) is 7.59. The predicted octanol–water partition coefficient (Wildman–Crippen LogP) is 4.81. The number of aryl methyl sites for hydroxylation is 1. The summed E-state index contributed by atoms with van der Waals surface area (Å²) in [5.41, 5.74) is 0.705. The Morgan fingerprint density at radius 3 is 2.44 bits per heavy atom. The molecule has 0 atom stereocenters. The maximum Gasteiger partial charge on any atom is 0.204 e. The van der Waals surface area contributed by atoms with E-state index in [4.69, 9.17) is 0 Å². The number of carbonyl (C=O) groups excluding carboxylic acids is 1.